The van der Waals surface area contributed by atoms with E-state index in [1.165, 1.54) is 17.7 Å². The predicted octanol–water partition coefficient (Wildman–Crippen LogP) is 3.47. The Labute approximate surface area is 101 Å². The first kappa shape index (κ1) is 11.8. The Kier molecular flexibility index (Phi) is 3.55. The second-order valence-corrected chi connectivity index (χ2v) is 4.05. The number of rotatable bonds is 3. The minimum Gasteiger partial charge on any atom is -0.384 e. The Morgan fingerprint density at radius 3 is 2.35 bits per heavy atom. The number of hydrogen-bond donors (Lipinski definition) is 1. The lowest BCUT2D eigenvalue weighted by molar-refractivity contribution is 0.220. The minimum absolute atomic E-state index is 0.327. The number of halogens is 1. The molecule has 1 N–H and O–H groups in total. The zero-order valence-corrected chi connectivity index (χ0v) is 9.73. The number of aryl methyl sites for hydroxylation is 1. The molecule has 2 heteroatoms. The van der Waals surface area contributed by atoms with Gasteiger partial charge in [-0.25, -0.2) is 4.39 Å². The zero-order valence-electron chi connectivity index (χ0n) is 9.73. The van der Waals surface area contributed by atoms with Gasteiger partial charge in [0.05, 0.1) is 0 Å². The van der Waals surface area contributed by atoms with Gasteiger partial charge in [-0.1, -0.05) is 43.3 Å². The Morgan fingerprint density at radius 1 is 1.06 bits per heavy atom. The molecular weight excluding hydrogens is 215 g/mol. The fraction of sp³-hybridized carbons (Fsp3) is 0.200. The summed E-state index contributed by atoms with van der Waals surface area (Å²) < 4.78 is 13.1. The van der Waals surface area contributed by atoms with Crippen LogP contribution in [0, 0.1) is 5.82 Å². The molecule has 0 aliphatic rings. The molecule has 88 valence electrons. The molecule has 0 saturated carbocycles. The van der Waals surface area contributed by atoms with Crippen molar-refractivity contribution >= 4 is 0 Å². The summed E-state index contributed by atoms with van der Waals surface area (Å²) in [6, 6.07) is 13.8. The quantitative estimate of drug-likeness (QED) is 0.856. The zero-order chi connectivity index (χ0) is 12.3. The molecule has 0 radical (unpaired) electrons. The maximum Gasteiger partial charge on any atom is 0.123 e. The van der Waals surface area contributed by atoms with E-state index in [0.29, 0.717) is 5.56 Å². The number of benzene rings is 2. The molecule has 2 rings (SSSR count). The first-order chi connectivity index (χ1) is 8.20. The highest BCUT2D eigenvalue weighted by atomic mass is 19.1. The molecule has 0 saturated heterocycles. The molecule has 0 fully saturated rings. The van der Waals surface area contributed by atoms with Crippen LogP contribution in [0.2, 0.25) is 0 Å². The molecule has 0 aliphatic carbocycles. The van der Waals surface area contributed by atoms with Crippen LogP contribution in [0.1, 0.15) is 29.7 Å². The predicted molar refractivity (Wildman–Crippen MR) is 66.3 cm³/mol. The van der Waals surface area contributed by atoms with E-state index in [4.69, 9.17) is 0 Å². The summed E-state index contributed by atoms with van der Waals surface area (Å²) in [7, 11) is 0. The molecule has 0 aromatic heterocycles. The number of hydrogen-bond acceptors (Lipinski definition) is 1. The van der Waals surface area contributed by atoms with Gasteiger partial charge >= 0.3 is 0 Å². The van der Waals surface area contributed by atoms with E-state index in [1.54, 1.807) is 12.1 Å². The van der Waals surface area contributed by atoms with Gasteiger partial charge in [-0.15, -0.1) is 0 Å². The lowest BCUT2D eigenvalue weighted by Gasteiger charge is -2.12. The largest absolute Gasteiger partial charge is 0.384 e. The van der Waals surface area contributed by atoms with Crippen LogP contribution in [0.5, 0.6) is 0 Å². The van der Waals surface area contributed by atoms with Gasteiger partial charge in [0.25, 0.3) is 0 Å². The highest BCUT2D eigenvalue weighted by molar-refractivity contribution is 5.32. The van der Waals surface area contributed by atoms with Gasteiger partial charge in [0, 0.05) is 0 Å². The van der Waals surface area contributed by atoms with Crippen molar-refractivity contribution in [2.24, 2.45) is 0 Å². The Hall–Kier alpha value is -1.67. The van der Waals surface area contributed by atoms with Crippen LogP contribution in [0.3, 0.4) is 0 Å². The summed E-state index contributed by atoms with van der Waals surface area (Å²) in [5.74, 6) is -0.327. The molecule has 1 nitrogen and oxygen atoms in total. The summed E-state index contributed by atoms with van der Waals surface area (Å²) >= 11 is 0. The van der Waals surface area contributed by atoms with Crippen LogP contribution in [-0.2, 0) is 6.42 Å². The van der Waals surface area contributed by atoms with Crippen molar-refractivity contribution in [1.82, 2.24) is 0 Å². The maximum atomic E-state index is 13.1. The topological polar surface area (TPSA) is 20.2 Å². The van der Waals surface area contributed by atoms with E-state index in [9.17, 15) is 9.50 Å². The van der Waals surface area contributed by atoms with Crippen molar-refractivity contribution in [3.8, 4) is 0 Å². The van der Waals surface area contributed by atoms with Crippen LogP contribution in [0.25, 0.3) is 0 Å². The Balaban J connectivity index is 2.27. The molecule has 0 aliphatic heterocycles. The van der Waals surface area contributed by atoms with E-state index in [1.807, 2.05) is 24.3 Å². The first-order valence-corrected chi connectivity index (χ1v) is 5.73. The second-order valence-electron chi connectivity index (χ2n) is 4.05. The van der Waals surface area contributed by atoms with Crippen molar-refractivity contribution in [1.29, 1.82) is 0 Å². The Morgan fingerprint density at radius 2 is 1.76 bits per heavy atom. The number of aliphatic hydroxyl groups excluding tert-OH is 1. The van der Waals surface area contributed by atoms with Crippen molar-refractivity contribution < 1.29 is 9.50 Å². The summed E-state index contributed by atoms with van der Waals surface area (Å²) in [5, 5.41) is 10.1. The van der Waals surface area contributed by atoms with Crippen LogP contribution in [0.15, 0.2) is 48.5 Å². The average Bonchev–Trinajstić information content (AvgIpc) is 2.38. The third-order valence-corrected chi connectivity index (χ3v) is 2.87. The monoisotopic (exact) mass is 230 g/mol. The summed E-state index contributed by atoms with van der Waals surface area (Å²) in [4.78, 5) is 0. The van der Waals surface area contributed by atoms with Gasteiger partial charge in [0.2, 0.25) is 0 Å². The van der Waals surface area contributed by atoms with Gasteiger partial charge in [-0.2, -0.15) is 0 Å². The number of aliphatic hydroxyl groups is 1. The van der Waals surface area contributed by atoms with Crippen molar-refractivity contribution in [3.05, 3.63) is 71.0 Å². The Bertz CT molecular complexity index is 491. The van der Waals surface area contributed by atoms with Gasteiger partial charge in [-0.3, -0.25) is 0 Å². The molecule has 2 aromatic carbocycles. The molecular formula is C15H15FO. The summed E-state index contributed by atoms with van der Waals surface area (Å²) in [6.07, 6.45) is 0.202. The minimum atomic E-state index is -0.767. The van der Waals surface area contributed by atoms with Crippen molar-refractivity contribution in [3.63, 3.8) is 0 Å². The highest BCUT2D eigenvalue weighted by Gasteiger charge is 2.10. The average molecular weight is 230 g/mol. The highest BCUT2D eigenvalue weighted by Crippen LogP contribution is 2.22. The van der Waals surface area contributed by atoms with Crippen LogP contribution < -0.4 is 0 Å². The smallest absolute Gasteiger partial charge is 0.123 e. The van der Waals surface area contributed by atoms with Crippen molar-refractivity contribution in [2.45, 2.75) is 19.4 Å². The van der Waals surface area contributed by atoms with E-state index in [2.05, 4.69) is 6.92 Å². The van der Waals surface area contributed by atoms with Crippen LogP contribution >= 0.6 is 0 Å². The summed E-state index contributed by atoms with van der Waals surface area (Å²) in [5.41, 5.74) is 2.59. The molecule has 2 aromatic rings. The fourth-order valence-electron chi connectivity index (χ4n) is 1.80. The maximum absolute atomic E-state index is 13.1. The molecule has 17 heavy (non-hydrogen) atoms. The first-order valence-electron chi connectivity index (χ1n) is 5.73. The normalized spacial score (nSPS) is 12.4. The van der Waals surface area contributed by atoms with Gasteiger partial charge in [0.15, 0.2) is 0 Å². The molecule has 1 atom stereocenters. The van der Waals surface area contributed by atoms with Crippen LogP contribution in [-0.4, -0.2) is 5.11 Å². The fourth-order valence-corrected chi connectivity index (χ4v) is 1.80. The van der Waals surface area contributed by atoms with Gasteiger partial charge in [0.1, 0.15) is 11.9 Å². The third kappa shape index (κ3) is 2.71. The van der Waals surface area contributed by atoms with Crippen molar-refractivity contribution in [2.75, 3.05) is 0 Å². The van der Waals surface area contributed by atoms with E-state index < -0.39 is 6.10 Å². The lowest BCUT2D eigenvalue weighted by atomic mass is 10.00. The SMILES string of the molecule is CCc1ccc(C(O)c2cccc(F)c2)cc1. The van der Waals surface area contributed by atoms with Gasteiger partial charge < -0.3 is 5.11 Å². The molecule has 0 spiro atoms. The third-order valence-electron chi connectivity index (χ3n) is 2.87. The molecule has 0 heterocycles. The standard InChI is InChI=1S/C15H15FO/c1-2-11-6-8-12(9-7-11)15(17)13-4-3-5-14(16)10-13/h3-10,15,17H,2H2,1H3. The molecule has 0 amide bonds. The second kappa shape index (κ2) is 5.11. The van der Waals surface area contributed by atoms with E-state index >= 15 is 0 Å². The summed E-state index contributed by atoms with van der Waals surface area (Å²) in [6.45, 7) is 2.08. The molecule has 0 bridgehead atoms. The van der Waals surface area contributed by atoms with Crippen LogP contribution in [0.4, 0.5) is 4.39 Å². The molecule has 1 unspecified atom stereocenters. The van der Waals surface area contributed by atoms with E-state index in [0.717, 1.165) is 12.0 Å². The lowest BCUT2D eigenvalue weighted by Crippen LogP contribution is -2.00. The van der Waals surface area contributed by atoms with E-state index in [-0.39, 0.29) is 5.82 Å². The van der Waals surface area contributed by atoms with Gasteiger partial charge in [-0.05, 0) is 35.2 Å².